The van der Waals surface area contributed by atoms with Crippen molar-refractivity contribution >= 4 is 28.5 Å². The van der Waals surface area contributed by atoms with Gasteiger partial charge in [0.25, 0.3) is 0 Å². The van der Waals surface area contributed by atoms with E-state index in [4.69, 9.17) is 4.74 Å². The number of aliphatic hydroxyl groups excluding tert-OH is 1. The molecule has 1 atom stereocenters. The van der Waals surface area contributed by atoms with Gasteiger partial charge in [-0.1, -0.05) is 18.2 Å². The van der Waals surface area contributed by atoms with Crippen molar-refractivity contribution in [1.29, 1.82) is 0 Å². The Kier molecular flexibility index (Phi) is 3.81. The molecule has 5 heteroatoms. The Balaban J connectivity index is 2.00. The third-order valence-electron chi connectivity index (χ3n) is 3.43. The lowest BCUT2D eigenvalue weighted by Crippen LogP contribution is -1.93. The van der Waals surface area contributed by atoms with Crippen molar-refractivity contribution in [2.75, 3.05) is 7.11 Å². The number of benzene rings is 2. The van der Waals surface area contributed by atoms with Crippen LogP contribution in [-0.2, 0) is 10.8 Å². The van der Waals surface area contributed by atoms with E-state index in [1.165, 1.54) is 6.21 Å². The first-order valence-corrected chi connectivity index (χ1v) is 7.90. The Morgan fingerprint density at radius 2 is 2.00 bits per heavy atom. The molecule has 0 spiro atoms. The average molecular weight is 313 g/mol. The molecule has 0 radical (unpaired) electrons. The molecule has 0 aromatic heterocycles. The molecule has 0 amide bonds. The van der Waals surface area contributed by atoms with Gasteiger partial charge in [0.05, 0.1) is 22.8 Å². The number of aliphatic imine (C=N–C) groups is 1. The number of hydrogen-bond acceptors (Lipinski definition) is 4. The number of allylic oxidation sites excluding steroid dienone is 1. The van der Waals surface area contributed by atoms with Crippen molar-refractivity contribution in [3.05, 3.63) is 58.5 Å². The Hall–Kier alpha value is -2.40. The molecule has 3 rings (SSSR count). The molecule has 1 aliphatic heterocycles. The standard InChI is InChI=1S/C17H15NO3S/c1-11-7-8-14(21-2)13(9-11)18-10-16-17(19)12-5-3-4-6-15(12)22(16)20/h3-10,19H,1-2H3. The van der Waals surface area contributed by atoms with Crippen molar-refractivity contribution in [3.8, 4) is 5.75 Å². The molecule has 0 aliphatic carbocycles. The van der Waals surface area contributed by atoms with Crippen molar-refractivity contribution in [2.45, 2.75) is 11.8 Å². The number of aliphatic hydroxyl groups is 1. The number of fused-ring (bicyclic) bond motifs is 1. The van der Waals surface area contributed by atoms with Crippen molar-refractivity contribution < 1.29 is 14.1 Å². The van der Waals surface area contributed by atoms with Crippen LogP contribution in [-0.4, -0.2) is 22.6 Å². The van der Waals surface area contributed by atoms with Crippen LogP contribution in [0.3, 0.4) is 0 Å². The summed E-state index contributed by atoms with van der Waals surface area (Å²) in [4.78, 5) is 5.26. The van der Waals surface area contributed by atoms with Crippen LogP contribution >= 0.6 is 0 Å². The van der Waals surface area contributed by atoms with E-state index in [0.29, 0.717) is 26.8 Å². The van der Waals surface area contributed by atoms with E-state index in [1.54, 1.807) is 31.4 Å². The molecule has 2 aromatic carbocycles. The molecular weight excluding hydrogens is 298 g/mol. The first-order valence-electron chi connectivity index (χ1n) is 6.75. The molecule has 1 aliphatic rings. The fraction of sp³-hybridized carbons (Fsp3) is 0.118. The third kappa shape index (κ3) is 2.44. The molecular formula is C17H15NO3S. The van der Waals surface area contributed by atoms with Gasteiger partial charge in [-0.3, -0.25) is 4.99 Å². The highest BCUT2D eigenvalue weighted by molar-refractivity contribution is 7.90. The molecule has 1 unspecified atom stereocenters. The lowest BCUT2D eigenvalue weighted by Gasteiger charge is -2.05. The van der Waals surface area contributed by atoms with Crippen molar-refractivity contribution in [1.82, 2.24) is 0 Å². The molecule has 1 N–H and O–H groups in total. The minimum absolute atomic E-state index is 0.0179. The SMILES string of the molecule is COc1ccc(C)cc1N=CC1=C(O)c2ccccc2S1=O. The van der Waals surface area contributed by atoms with E-state index in [9.17, 15) is 9.32 Å². The van der Waals surface area contributed by atoms with E-state index in [-0.39, 0.29) is 5.76 Å². The van der Waals surface area contributed by atoms with Crippen LogP contribution in [0.5, 0.6) is 5.75 Å². The number of aryl methyl sites for hydroxylation is 1. The number of ether oxygens (including phenoxy) is 1. The van der Waals surface area contributed by atoms with Gasteiger partial charge in [-0.25, -0.2) is 4.21 Å². The molecule has 0 saturated heterocycles. The predicted molar refractivity (Wildman–Crippen MR) is 88.3 cm³/mol. The van der Waals surface area contributed by atoms with E-state index in [1.807, 2.05) is 25.1 Å². The topological polar surface area (TPSA) is 58.9 Å². The largest absolute Gasteiger partial charge is 0.506 e. The first-order chi connectivity index (χ1) is 10.6. The fourth-order valence-electron chi connectivity index (χ4n) is 2.30. The quantitative estimate of drug-likeness (QED) is 0.878. The maximum atomic E-state index is 12.4. The summed E-state index contributed by atoms with van der Waals surface area (Å²) in [5, 5.41) is 10.2. The molecule has 22 heavy (non-hydrogen) atoms. The molecule has 0 fully saturated rings. The molecule has 1 heterocycles. The molecule has 4 nitrogen and oxygen atoms in total. The van der Waals surface area contributed by atoms with Crippen molar-refractivity contribution in [3.63, 3.8) is 0 Å². The van der Waals surface area contributed by atoms with Gasteiger partial charge >= 0.3 is 0 Å². The second-order valence-electron chi connectivity index (χ2n) is 4.91. The third-order valence-corrected chi connectivity index (χ3v) is 4.88. The zero-order chi connectivity index (χ0) is 15.7. The summed E-state index contributed by atoms with van der Waals surface area (Å²) < 4.78 is 17.7. The maximum Gasteiger partial charge on any atom is 0.144 e. The second kappa shape index (κ2) is 5.77. The van der Waals surface area contributed by atoms with Gasteiger partial charge in [0.15, 0.2) is 0 Å². The van der Waals surface area contributed by atoms with Crippen LogP contribution in [0.25, 0.3) is 5.76 Å². The van der Waals surface area contributed by atoms with E-state index in [2.05, 4.69) is 4.99 Å². The second-order valence-corrected chi connectivity index (χ2v) is 6.33. The highest BCUT2D eigenvalue weighted by atomic mass is 32.2. The fourth-order valence-corrected chi connectivity index (χ4v) is 3.54. The van der Waals surface area contributed by atoms with Gasteiger partial charge in [-0.2, -0.15) is 0 Å². The Morgan fingerprint density at radius 3 is 2.73 bits per heavy atom. The normalized spacial score (nSPS) is 17.1. The van der Waals surface area contributed by atoms with Crippen LogP contribution in [0.1, 0.15) is 11.1 Å². The van der Waals surface area contributed by atoms with Gasteiger partial charge in [0.1, 0.15) is 22.1 Å². The van der Waals surface area contributed by atoms with Crippen LogP contribution in [0.2, 0.25) is 0 Å². The van der Waals surface area contributed by atoms with Gasteiger partial charge < -0.3 is 9.84 Å². The van der Waals surface area contributed by atoms with Gasteiger partial charge in [-0.15, -0.1) is 0 Å². The van der Waals surface area contributed by atoms with Gasteiger partial charge in [0.2, 0.25) is 0 Å². The lowest BCUT2D eigenvalue weighted by molar-refractivity contribution is 0.416. The molecule has 0 bridgehead atoms. The van der Waals surface area contributed by atoms with Gasteiger partial charge in [0, 0.05) is 11.8 Å². The van der Waals surface area contributed by atoms with E-state index in [0.717, 1.165) is 5.56 Å². The number of methoxy groups -OCH3 is 1. The Labute approximate surface area is 131 Å². The van der Waals surface area contributed by atoms with Gasteiger partial charge in [-0.05, 0) is 36.8 Å². The smallest absolute Gasteiger partial charge is 0.144 e. The predicted octanol–water partition coefficient (Wildman–Crippen LogP) is 3.75. The summed E-state index contributed by atoms with van der Waals surface area (Å²) in [6, 6.07) is 12.7. The monoisotopic (exact) mass is 313 g/mol. The summed E-state index contributed by atoms with van der Waals surface area (Å²) in [5.41, 5.74) is 2.27. The van der Waals surface area contributed by atoms with Crippen LogP contribution in [0.4, 0.5) is 5.69 Å². The maximum absolute atomic E-state index is 12.4. The summed E-state index contributed by atoms with van der Waals surface area (Å²) >= 11 is 0. The molecule has 0 saturated carbocycles. The number of rotatable bonds is 3. The minimum Gasteiger partial charge on any atom is -0.506 e. The zero-order valence-corrected chi connectivity index (χ0v) is 13.1. The molecule has 2 aromatic rings. The highest BCUT2D eigenvalue weighted by Gasteiger charge is 2.26. The van der Waals surface area contributed by atoms with Crippen molar-refractivity contribution in [2.24, 2.45) is 4.99 Å². The lowest BCUT2D eigenvalue weighted by atomic mass is 10.2. The minimum atomic E-state index is -1.41. The van der Waals surface area contributed by atoms with E-state index < -0.39 is 10.8 Å². The Bertz CT molecular complexity index is 824. The van der Waals surface area contributed by atoms with Crippen LogP contribution in [0.15, 0.2) is 57.3 Å². The van der Waals surface area contributed by atoms with Crippen LogP contribution < -0.4 is 4.74 Å². The number of hydrogen-bond donors (Lipinski definition) is 1. The summed E-state index contributed by atoms with van der Waals surface area (Å²) in [6.07, 6.45) is 1.45. The highest BCUT2D eigenvalue weighted by Crippen LogP contribution is 2.35. The summed E-state index contributed by atoms with van der Waals surface area (Å²) in [7, 11) is 0.160. The Morgan fingerprint density at radius 1 is 1.23 bits per heavy atom. The molecule has 112 valence electrons. The average Bonchev–Trinajstić information content (AvgIpc) is 2.77. The van der Waals surface area contributed by atoms with Crippen LogP contribution in [0, 0.1) is 6.92 Å². The zero-order valence-electron chi connectivity index (χ0n) is 12.2. The number of nitrogens with zero attached hydrogens (tertiary/aromatic N) is 1. The summed E-state index contributed by atoms with van der Waals surface area (Å²) in [5.74, 6) is 0.646. The van der Waals surface area contributed by atoms with E-state index >= 15 is 0 Å². The summed E-state index contributed by atoms with van der Waals surface area (Å²) in [6.45, 7) is 1.96. The first kappa shape index (κ1) is 14.5.